The highest BCUT2D eigenvalue weighted by atomic mass is 16.2. The minimum Gasteiger partial charge on any atom is -0.353 e. The van der Waals surface area contributed by atoms with Crippen molar-refractivity contribution < 1.29 is 4.79 Å². The minimum atomic E-state index is -0.521. The Hall–Kier alpha value is -1.97. The lowest BCUT2D eigenvalue weighted by Gasteiger charge is -2.37. The van der Waals surface area contributed by atoms with Crippen LogP contribution in [0.5, 0.6) is 0 Å². The molecule has 1 heterocycles. The maximum Gasteiger partial charge on any atom is 0.233 e. The van der Waals surface area contributed by atoms with Gasteiger partial charge in [0.25, 0.3) is 0 Å². The molecule has 1 amide bonds. The van der Waals surface area contributed by atoms with Gasteiger partial charge in [0.1, 0.15) is 0 Å². The molecule has 130 valence electrons. The third-order valence-corrected chi connectivity index (χ3v) is 7.19. The first-order chi connectivity index (χ1) is 12.0. The van der Waals surface area contributed by atoms with Gasteiger partial charge in [0.05, 0.1) is 27.8 Å². The molecule has 1 aromatic heterocycles. The van der Waals surface area contributed by atoms with Crippen LogP contribution in [0.1, 0.15) is 69.7 Å². The largest absolute Gasteiger partial charge is 0.353 e. The first-order valence-corrected chi connectivity index (χ1v) is 9.62. The van der Waals surface area contributed by atoms with E-state index in [1.807, 2.05) is 24.3 Å². The van der Waals surface area contributed by atoms with Crippen LogP contribution in [0, 0.1) is 5.41 Å². The van der Waals surface area contributed by atoms with Gasteiger partial charge in [-0.15, -0.1) is 0 Å². The molecule has 1 aromatic carbocycles. The van der Waals surface area contributed by atoms with Crippen LogP contribution in [0.2, 0.25) is 0 Å². The van der Waals surface area contributed by atoms with E-state index < -0.39 is 5.41 Å². The summed E-state index contributed by atoms with van der Waals surface area (Å²) in [7, 11) is 0. The van der Waals surface area contributed by atoms with Crippen LogP contribution in [-0.2, 0) is 10.2 Å². The molecule has 4 nitrogen and oxygen atoms in total. The Labute approximate surface area is 148 Å². The minimum absolute atomic E-state index is 0.130. The van der Waals surface area contributed by atoms with Gasteiger partial charge in [-0.2, -0.15) is 0 Å². The van der Waals surface area contributed by atoms with Crippen molar-refractivity contribution in [2.45, 2.75) is 69.7 Å². The lowest BCUT2D eigenvalue weighted by atomic mass is 9.67. The summed E-state index contributed by atoms with van der Waals surface area (Å²) in [5, 5.41) is 3.38. The fourth-order valence-electron chi connectivity index (χ4n) is 5.71. The van der Waals surface area contributed by atoms with Crippen LogP contribution in [-0.4, -0.2) is 21.9 Å². The van der Waals surface area contributed by atoms with Gasteiger partial charge in [-0.1, -0.05) is 38.8 Å². The first kappa shape index (κ1) is 15.3. The molecule has 0 radical (unpaired) electrons. The third-order valence-electron chi connectivity index (χ3n) is 7.19. The fourth-order valence-corrected chi connectivity index (χ4v) is 5.71. The summed E-state index contributed by atoms with van der Waals surface area (Å²) in [6, 6.07) is 8.36. The Kier molecular flexibility index (Phi) is 3.08. The van der Waals surface area contributed by atoms with Gasteiger partial charge in [-0.25, -0.2) is 9.97 Å². The van der Waals surface area contributed by atoms with Gasteiger partial charge in [0.2, 0.25) is 5.91 Å². The topological polar surface area (TPSA) is 54.9 Å². The van der Waals surface area contributed by atoms with E-state index >= 15 is 0 Å². The molecule has 0 spiro atoms. The van der Waals surface area contributed by atoms with Gasteiger partial charge >= 0.3 is 0 Å². The summed E-state index contributed by atoms with van der Waals surface area (Å²) in [5.41, 5.74) is 3.20. The van der Waals surface area contributed by atoms with E-state index in [2.05, 4.69) is 19.2 Å². The molecule has 3 aliphatic carbocycles. The average molecular weight is 335 g/mol. The second-order valence-corrected chi connectivity index (χ2v) is 8.62. The molecule has 0 saturated heterocycles. The summed E-state index contributed by atoms with van der Waals surface area (Å²) in [6.45, 7) is 4.49. The molecule has 1 N–H and O–H groups in total. The number of carbonyl (C=O) groups is 1. The van der Waals surface area contributed by atoms with Crippen molar-refractivity contribution in [1.82, 2.24) is 15.3 Å². The number of fused-ring (bicyclic) bond motifs is 6. The quantitative estimate of drug-likeness (QED) is 0.907. The Morgan fingerprint density at radius 3 is 2.48 bits per heavy atom. The van der Waals surface area contributed by atoms with Crippen LogP contribution < -0.4 is 5.32 Å². The number of hydrogen-bond donors (Lipinski definition) is 1. The number of carbonyl (C=O) groups excluding carboxylic acids is 1. The maximum absolute atomic E-state index is 13.5. The van der Waals surface area contributed by atoms with Gasteiger partial charge in [-0.3, -0.25) is 4.79 Å². The highest BCUT2D eigenvalue weighted by Crippen LogP contribution is 2.67. The smallest absolute Gasteiger partial charge is 0.233 e. The monoisotopic (exact) mass is 335 g/mol. The molecule has 0 aliphatic heterocycles. The summed E-state index contributed by atoms with van der Waals surface area (Å²) in [5.74, 6) is 0.518. The number of rotatable bonds is 2. The van der Waals surface area contributed by atoms with Crippen molar-refractivity contribution in [2.24, 2.45) is 5.41 Å². The second kappa shape index (κ2) is 5.03. The summed E-state index contributed by atoms with van der Waals surface area (Å²) < 4.78 is 0. The van der Waals surface area contributed by atoms with Crippen LogP contribution in [0.15, 0.2) is 24.3 Å². The van der Waals surface area contributed by atoms with Crippen LogP contribution in [0.25, 0.3) is 11.0 Å². The van der Waals surface area contributed by atoms with Crippen LogP contribution >= 0.6 is 0 Å². The molecule has 4 heteroatoms. The molecule has 2 atom stereocenters. The molecular weight excluding hydrogens is 310 g/mol. The number of benzene rings is 1. The van der Waals surface area contributed by atoms with Crippen molar-refractivity contribution in [3.05, 3.63) is 35.7 Å². The van der Waals surface area contributed by atoms with E-state index in [9.17, 15) is 4.79 Å². The molecular formula is C21H25N3O. The molecule has 3 aliphatic rings. The highest BCUT2D eigenvalue weighted by Gasteiger charge is 2.67. The summed E-state index contributed by atoms with van der Waals surface area (Å²) in [6.07, 6.45) is 6.61. The highest BCUT2D eigenvalue weighted by molar-refractivity contribution is 5.92. The average Bonchev–Trinajstić information content (AvgIpc) is 3.24. The number of nitrogens with one attached hydrogen (secondary N) is 1. The number of nitrogens with zero attached hydrogens (tertiary/aromatic N) is 2. The lowest BCUT2D eigenvalue weighted by molar-refractivity contribution is -0.130. The van der Waals surface area contributed by atoms with E-state index in [0.29, 0.717) is 12.0 Å². The van der Waals surface area contributed by atoms with Crippen molar-refractivity contribution in [3.63, 3.8) is 0 Å². The zero-order chi connectivity index (χ0) is 17.2. The van der Waals surface area contributed by atoms with Crippen molar-refractivity contribution in [2.75, 3.05) is 0 Å². The summed E-state index contributed by atoms with van der Waals surface area (Å²) in [4.78, 5) is 23.4. The van der Waals surface area contributed by atoms with Crippen molar-refractivity contribution in [3.8, 4) is 0 Å². The molecule has 2 saturated carbocycles. The standard InChI is InChI=1S/C21H25N3O/c1-20(2)14-11-12-21(20,19(25)22-13-7-3-4-8-13)18-17(14)23-15-9-5-6-10-16(15)24-18/h5-6,9-10,13-14H,3-4,7-8,11-12H2,1-2H3,(H,22,25). The van der Waals surface area contributed by atoms with Crippen LogP contribution in [0.4, 0.5) is 0 Å². The van der Waals surface area contributed by atoms with E-state index in [0.717, 1.165) is 48.1 Å². The van der Waals surface area contributed by atoms with Gasteiger partial charge in [-0.05, 0) is 43.2 Å². The van der Waals surface area contributed by atoms with E-state index in [4.69, 9.17) is 9.97 Å². The van der Waals surface area contributed by atoms with Crippen LogP contribution in [0.3, 0.4) is 0 Å². The molecule has 2 aromatic rings. The Balaban J connectivity index is 1.65. The molecule has 5 rings (SSSR count). The van der Waals surface area contributed by atoms with E-state index in [1.54, 1.807) is 0 Å². The lowest BCUT2D eigenvalue weighted by Crippen LogP contribution is -2.52. The number of aromatic nitrogens is 2. The predicted octanol–water partition coefficient (Wildman–Crippen LogP) is 3.84. The third kappa shape index (κ3) is 1.85. The SMILES string of the molecule is CC1(C)C2CCC1(C(=O)NC1CCCC1)c1nc3ccccc3nc12. The summed E-state index contributed by atoms with van der Waals surface area (Å²) >= 11 is 0. The molecule has 2 unspecified atom stereocenters. The molecule has 2 fully saturated rings. The van der Waals surface area contributed by atoms with E-state index in [1.165, 1.54) is 12.8 Å². The number of amides is 1. The van der Waals surface area contributed by atoms with Crippen molar-refractivity contribution in [1.29, 1.82) is 0 Å². The number of para-hydroxylation sites is 2. The Morgan fingerprint density at radius 1 is 1.08 bits per heavy atom. The zero-order valence-electron chi connectivity index (χ0n) is 15.0. The first-order valence-electron chi connectivity index (χ1n) is 9.62. The predicted molar refractivity (Wildman–Crippen MR) is 97.4 cm³/mol. The Bertz CT molecular complexity index is 869. The van der Waals surface area contributed by atoms with E-state index in [-0.39, 0.29) is 11.3 Å². The van der Waals surface area contributed by atoms with Gasteiger partial charge < -0.3 is 5.32 Å². The van der Waals surface area contributed by atoms with Gasteiger partial charge in [0, 0.05) is 12.0 Å². The number of hydrogen-bond acceptors (Lipinski definition) is 3. The zero-order valence-corrected chi connectivity index (χ0v) is 15.0. The molecule has 2 bridgehead atoms. The van der Waals surface area contributed by atoms with Gasteiger partial charge in [0.15, 0.2) is 0 Å². The van der Waals surface area contributed by atoms with Crippen molar-refractivity contribution >= 4 is 16.9 Å². The molecule has 25 heavy (non-hydrogen) atoms. The maximum atomic E-state index is 13.5. The fraction of sp³-hybridized carbons (Fsp3) is 0.571. The second-order valence-electron chi connectivity index (χ2n) is 8.62. The normalized spacial score (nSPS) is 29.9. The Morgan fingerprint density at radius 2 is 1.76 bits per heavy atom.